The van der Waals surface area contributed by atoms with E-state index in [1.54, 1.807) is 30.3 Å². The van der Waals surface area contributed by atoms with Crippen molar-refractivity contribution >= 4 is 65.6 Å². The van der Waals surface area contributed by atoms with Gasteiger partial charge in [0.2, 0.25) is 11.0 Å². The first-order chi connectivity index (χ1) is 18.2. The summed E-state index contributed by atoms with van der Waals surface area (Å²) >= 11 is 4.87. The Morgan fingerprint density at radius 1 is 1.05 bits per heavy atom. The second kappa shape index (κ2) is 10.5. The molecule has 38 heavy (non-hydrogen) atoms. The number of nitrogens with zero attached hydrogens (tertiary/aromatic N) is 3. The van der Waals surface area contributed by atoms with Crippen molar-refractivity contribution in [3.8, 4) is 11.3 Å². The maximum Gasteiger partial charge on any atom is 0.269 e. The second-order valence-electron chi connectivity index (χ2n) is 8.29. The smallest absolute Gasteiger partial charge is 0.269 e. The Hall–Kier alpha value is -3.87. The van der Waals surface area contributed by atoms with Gasteiger partial charge < -0.3 is 5.32 Å². The topological polar surface area (TPSA) is 121 Å². The van der Waals surface area contributed by atoms with Crippen LogP contribution in [-0.2, 0) is 14.8 Å². The summed E-state index contributed by atoms with van der Waals surface area (Å²) in [6.07, 6.45) is 0. The third-order valence-corrected chi connectivity index (χ3v) is 8.81. The Balaban J connectivity index is 1.19. The van der Waals surface area contributed by atoms with E-state index in [0.717, 1.165) is 21.3 Å². The van der Waals surface area contributed by atoms with Gasteiger partial charge in [0.25, 0.3) is 15.9 Å². The van der Waals surface area contributed by atoms with Gasteiger partial charge in [-0.1, -0.05) is 52.3 Å². The first kappa shape index (κ1) is 25.8. The molecule has 1 aliphatic heterocycles. The largest absolute Gasteiger partial charge is 0.325 e. The zero-order valence-corrected chi connectivity index (χ0v) is 23.1. The number of thiazole rings is 1. The van der Waals surface area contributed by atoms with E-state index in [2.05, 4.69) is 36.8 Å². The lowest BCUT2D eigenvalue weighted by molar-refractivity contribution is -0.116. The Bertz CT molecular complexity index is 1670. The van der Waals surface area contributed by atoms with Crippen LogP contribution in [0.1, 0.15) is 22.8 Å². The molecular formula is C26H20BrN5O4S2. The maximum absolute atomic E-state index is 12.7. The highest BCUT2D eigenvalue weighted by atomic mass is 79.9. The number of hydrogen-bond acceptors (Lipinski definition) is 8. The van der Waals surface area contributed by atoms with Crippen molar-refractivity contribution in [2.75, 3.05) is 17.3 Å². The summed E-state index contributed by atoms with van der Waals surface area (Å²) in [7, 11) is -4.05. The summed E-state index contributed by atoms with van der Waals surface area (Å²) in [5.74, 6) is -1.34. The number of anilines is 2. The van der Waals surface area contributed by atoms with Crippen molar-refractivity contribution < 1.29 is 18.0 Å². The van der Waals surface area contributed by atoms with Gasteiger partial charge in [-0.2, -0.15) is 5.10 Å². The molecule has 0 unspecified atom stereocenters. The van der Waals surface area contributed by atoms with Crippen molar-refractivity contribution in [2.45, 2.75) is 11.8 Å². The third kappa shape index (κ3) is 5.23. The van der Waals surface area contributed by atoms with E-state index >= 15 is 0 Å². The molecule has 12 heteroatoms. The van der Waals surface area contributed by atoms with Gasteiger partial charge in [-0.3, -0.25) is 15.0 Å². The average Bonchev–Trinajstić information content (AvgIpc) is 3.46. The van der Waals surface area contributed by atoms with Crippen molar-refractivity contribution in [1.29, 1.82) is 0 Å². The van der Waals surface area contributed by atoms with Gasteiger partial charge in [0.1, 0.15) is 11.4 Å². The van der Waals surface area contributed by atoms with Crippen LogP contribution in [0, 0.1) is 0 Å². The standard InChI is InChI=1S/C26H20BrN5O4S2/c1-16(30-31-26-29-22(15-37-26)18-6-10-19(27)11-7-18)17-8-12-20(13-9-17)28-24(33)14-32-25(34)21-4-2-3-5-23(21)38(32,35)36/h2-13,15H,14H2,1H3,(H,28,33)(H,29,31)/b30-16-. The normalized spacial score (nSPS) is 14.3. The summed E-state index contributed by atoms with van der Waals surface area (Å²) in [6.45, 7) is 1.23. The molecule has 2 N–H and O–H groups in total. The van der Waals surface area contributed by atoms with Crippen LogP contribution in [0.2, 0.25) is 0 Å². The van der Waals surface area contributed by atoms with E-state index in [1.807, 2.05) is 36.6 Å². The highest BCUT2D eigenvalue weighted by Crippen LogP contribution is 2.30. The molecule has 0 aliphatic carbocycles. The average molecular weight is 611 g/mol. The van der Waals surface area contributed by atoms with Crippen molar-refractivity contribution in [3.05, 3.63) is 93.8 Å². The van der Waals surface area contributed by atoms with Gasteiger partial charge in [0.15, 0.2) is 0 Å². The van der Waals surface area contributed by atoms with Gasteiger partial charge in [0, 0.05) is 21.1 Å². The molecule has 0 bridgehead atoms. The number of benzene rings is 3. The van der Waals surface area contributed by atoms with Gasteiger partial charge in [-0.25, -0.2) is 17.7 Å². The van der Waals surface area contributed by atoms with Crippen molar-refractivity contribution in [2.24, 2.45) is 5.10 Å². The number of hydrogen-bond donors (Lipinski definition) is 2. The number of hydrazone groups is 1. The predicted octanol–water partition coefficient (Wildman–Crippen LogP) is 5.19. The number of halogens is 1. The molecule has 4 aromatic rings. The number of sulfonamides is 1. The van der Waals surface area contributed by atoms with E-state index < -0.39 is 28.4 Å². The van der Waals surface area contributed by atoms with Crippen LogP contribution in [0.3, 0.4) is 0 Å². The lowest BCUT2D eigenvalue weighted by Crippen LogP contribution is -2.37. The zero-order valence-electron chi connectivity index (χ0n) is 19.9. The third-order valence-electron chi connectivity index (χ3n) is 5.75. The van der Waals surface area contributed by atoms with Gasteiger partial charge >= 0.3 is 0 Å². The molecule has 5 rings (SSSR count). The van der Waals surface area contributed by atoms with Gasteiger partial charge in [-0.15, -0.1) is 11.3 Å². The molecule has 0 saturated carbocycles. The minimum atomic E-state index is -4.05. The molecule has 1 aromatic heterocycles. The lowest BCUT2D eigenvalue weighted by atomic mass is 10.1. The van der Waals surface area contributed by atoms with Crippen LogP contribution in [-0.4, -0.2) is 41.8 Å². The highest BCUT2D eigenvalue weighted by molar-refractivity contribution is 9.10. The number of aromatic nitrogens is 1. The zero-order chi connectivity index (χ0) is 26.9. The van der Waals surface area contributed by atoms with E-state index in [-0.39, 0.29) is 10.5 Å². The van der Waals surface area contributed by atoms with E-state index in [0.29, 0.717) is 20.8 Å². The quantitative estimate of drug-likeness (QED) is 0.220. The lowest BCUT2D eigenvalue weighted by Gasteiger charge is -2.15. The molecule has 192 valence electrons. The number of carbonyl (C=O) groups is 2. The predicted molar refractivity (Wildman–Crippen MR) is 151 cm³/mol. The van der Waals surface area contributed by atoms with Gasteiger partial charge in [-0.05, 0) is 48.9 Å². The first-order valence-corrected chi connectivity index (χ1v) is 14.4. The molecule has 0 spiro atoms. The summed E-state index contributed by atoms with van der Waals surface area (Å²) in [6, 6.07) is 20.7. The van der Waals surface area contributed by atoms with Crippen LogP contribution in [0.5, 0.6) is 0 Å². The summed E-state index contributed by atoms with van der Waals surface area (Å²) in [4.78, 5) is 29.5. The minimum Gasteiger partial charge on any atom is -0.325 e. The molecule has 1 aliphatic rings. The van der Waals surface area contributed by atoms with Crippen LogP contribution in [0.4, 0.5) is 10.8 Å². The monoisotopic (exact) mass is 609 g/mol. The summed E-state index contributed by atoms with van der Waals surface area (Å²) < 4.78 is 26.9. The van der Waals surface area contributed by atoms with Crippen LogP contribution in [0.15, 0.2) is 92.6 Å². The summed E-state index contributed by atoms with van der Waals surface area (Å²) in [5, 5.41) is 9.64. The summed E-state index contributed by atoms with van der Waals surface area (Å²) in [5.41, 5.74) is 6.87. The number of carbonyl (C=O) groups excluding carboxylic acids is 2. The fraction of sp³-hybridized carbons (Fsp3) is 0.0769. The second-order valence-corrected chi connectivity index (χ2v) is 11.9. The number of amides is 2. The molecule has 3 aromatic carbocycles. The number of rotatable bonds is 7. The first-order valence-electron chi connectivity index (χ1n) is 11.3. The number of nitrogens with one attached hydrogen (secondary N) is 2. The molecule has 0 radical (unpaired) electrons. The molecule has 0 atom stereocenters. The fourth-order valence-corrected chi connectivity index (χ4v) is 6.24. The Morgan fingerprint density at radius 2 is 1.76 bits per heavy atom. The maximum atomic E-state index is 12.7. The minimum absolute atomic E-state index is 0.0651. The molecule has 9 nitrogen and oxygen atoms in total. The molecule has 2 heterocycles. The Labute approximate surface area is 231 Å². The van der Waals surface area contributed by atoms with E-state index in [9.17, 15) is 18.0 Å². The fourth-order valence-electron chi connectivity index (χ4n) is 3.79. The Morgan fingerprint density at radius 3 is 2.47 bits per heavy atom. The molecular weight excluding hydrogens is 590 g/mol. The number of fused-ring (bicyclic) bond motifs is 1. The van der Waals surface area contributed by atoms with Crippen LogP contribution in [0.25, 0.3) is 11.3 Å². The Kier molecular flexibility index (Phi) is 7.11. The molecule has 0 fully saturated rings. The van der Waals surface area contributed by atoms with Crippen LogP contribution >= 0.6 is 27.3 Å². The van der Waals surface area contributed by atoms with Gasteiger partial charge in [0.05, 0.1) is 17.0 Å². The van der Waals surface area contributed by atoms with E-state index in [4.69, 9.17) is 0 Å². The van der Waals surface area contributed by atoms with E-state index in [1.165, 1.54) is 29.5 Å². The van der Waals surface area contributed by atoms with Crippen molar-refractivity contribution in [1.82, 2.24) is 9.29 Å². The molecule has 0 saturated heterocycles. The highest BCUT2D eigenvalue weighted by Gasteiger charge is 2.41. The SMILES string of the molecule is C/C(=N/Nc1nc(-c2ccc(Br)cc2)cs1)c1ccc(NC(=O)CN2C(=O)c3ccccc3S2(=O)=O)cc1. The van der Waals surface area contributed by atoms with Crippen LogP contribution < -0.4 is 10.7 Å². The molecule has 2 amide bonds. The van der Waals surface area contributed by atoms with Crippen molar-refractivity contribution in [3.63, 3.8) is 0 Å².